The molecule has 0 unspecified atom stereocenters. The molecular weight excluding hydrogens is 976 g/mol. The number of rotatable bonds is 14. The molecule has 2 aliphatic heterocycles. The molecule has 2 nitrogen and oxygen atoms in total. The lowest BCUT2D eigenvalue weighted by atomic mass is 9.33. The summed E-state index contributed by atoms with van der Waals surface area (Å²) in [7, 11) is 0. The van der Waals surface area contributed by atoms with Crippen LogP contribution in [0.4, 0.5) is 34.1 Å². The maximum absolute atomic E-state index is 2.73. The van der Waals surface area contributed by atoms with Crippen molar-refractivity contribution in [3.63, 3.8) is 0 Å². The lowest BCUT2D eigenvalue weighted by molar-refractivity contribution is 0.590. The van der Waals surface area contributed by atoms with E-state index in [-0.39, 0.29) is 12.1 Å². The molecule has 0 fully saturated rings. The largest absolute Gasteiger partial charge is 0.311 e. The maximum Gasteiger partial charge on any atom is 0.252 e. The van der Waals surface area contributed by atoms with Gasteiger partial charge < -0.3 is 9.80 Å². The van der Waals surface area contributed by atoms with E-state index in [0.717, 1.165) is 38.5 Å². The van der Waals surface area contributed by atoms with Gasteiger partial charge in [-0.2, -0.15) is 0 Å². The highest BCUT2D eigenvalue weighted by molar-refractivity contribution is 7.00. The minimum Gasteiger partial charge on any atom is -0.311 e. The van der Waals surface area contributed by atoms with Crippen LogP contribution in [0.15, 0.2) is 255 Å². The Kier molecular flexibility index (Phi) is 14.0. The number of unbranched alkanes of at least 4 members (excludes halogenated alkanes) is 2. The van der Waals surface area contributed by atoms with Gasteiger partial charge in [-0.3, -0.25) is 0 Å². The van der Waals surface area contributed by atoms with Crippen molar-refractivity contribution >= 4 is 57.2 Å². The summed E-state index contributed by atoms with van der Waals surface area (Å²) in [5.74, 6) is 0. The number of hydrogen-bond donors (Lipinski definition) is 0. The van der Waals surface area contributed by atoms with Crippen LogP contribution in [-0.2, 0) is 18.3 Å². The molecule has 0 bridgehead atoms. The molecule has 394 valence electrons. The summed E-state index contributed by atoms with van der Waals surface area (Å²) in [5, 5.41) is 0. The van der Waals surface area contributed by atoms with E-state index >= 15 is 0 Å². The van der Waals surface area contributed by atoms with Gasteiger partial charge in [-0.05, 0) is 168 Å². The van der Waals surface area contributed by atoms with Gasteiger partial charge in [0.25, 0.3) is 6.71 Å². The monoisotopic (exact) mass is 1040 g/mol. The Bertz CT molecular complexity index is 3780. The third-order valence-electron chi connectivity index (χ3n) is 17.0. The Morgan fingerprint density at radius 3 is 0.988 bits per heavy atom. The van der Waals surface area contributed by atoms with Gasteiger partial charge in [0.2, 0.25) is 0 Å². The van der Waals surface area contributed by atoms with E-state index < -0.39 is 0 Å². The summed E-state index contributed by atoms with van der Waals surface area (Å²) in [5.41, 5.74) is 29.9. The molecule has 11 aromatic rings. The lowest BCUT2D eigenvalue weighted by Crippen LogP contribution is -2.61. The minimum absolute atomic E-state index is 0.112. The molecule has 0 amide bonds. The summed E-state index contributed by atoms with van der Waals surface area (Å²) in [6.07, 6.45) is 6.20. The zero-order valence-electron chi connectivity index (χ0n) is 47.5. The van der Waals surface area contributed by atoms with E-state index in [4.69, 9.17) is 0 Å². The minimum atomic E-state index is -0.206. The average molecular weight is 1050 g/mol. The second-order valence-corrected chi connectivity index (χ2v) is 23.3. The van der Waals surface area contributed by atoms with E-state index in [1.165, 1.54) is 134 Å². The molecule has 0 aromatic heterocycles. The van der Waals surface area contributed by atoms with E-state index in [1.807, 2.05) is 0 Å². The van der Waals surface area contributed by atoms with E-state index in [2.05, 4.69) is 299 Å². The second-order valence-electron chi connectivity index (χ2n) is 23.3. The Balaban J connectivity index is 1.20. The van der Waals surface area contributed by atoms with Gasteiger partial charge in [0.1, 0.15) is 0 Å². The number of benzene rings is 11. The number of nitrogens with zero attached hydrogens (tertiary/aromatic N) is 2. The van der Waals surface area contributed by atoms with Crippen molar-refractivity contribution in [1.29, 1.82) is 0 Å². The molecule has 0 radical (unpaired) electrons. The van der Waals surface area contributed by atoms with Gasteiger partial charge in [0.15, 0.2) is 0 Å². The third kappa shape index (κ3) is 9.69. The molecule has 2 heterocycles. The highest BCUT2D eigenvalue weighted by Gasteiger charge is 2.46. The quantitative estimate of drug-likeness (QED) is 0.100. The summed E-state index contributed by atoms with van der Waals surface area (Å²) in [4.78, 5) is 5.46. The first-order valence-electron chi connectivity index (χ1n) is 29.5. The highest BCUT2D eigenvalue weighted by atomic mass is 15.2. The third-order valence-corrected chi connectivity index (χ3v) is 17.0. The van der Waals surface area contributed by atoms with Crippen molar-refractivity contribution in [3.8, 4) is 66.8 Å². The standard InChI is InChI=1S/C78H69BN2/c1-6-8-28-62-46-64(56-34-20-12-21-35-56)48-67(58-38-24-14-25-39-58)76(62)80-71-44-42-60(54-30-16-10-17-31-54)50-69(71)79-70-51-61(55-32-18-11-19-33-55)43-45-72(70)81(74-53-66(78(3,4)5)52-73(80)75(74)79)77-63(29-9-7-2)47-65(57-36-22-13-23-37-57)49-68(77)59-40-26-15-27-41-59/h10-27,30-53H,6-9,28-29H2,1-5H3. The molecule has 0 aliphatic carbocycles. The van der Waals surface area contributed by atoms with Crippen LogP contribution in [0.25, 0.3) is 66.8 Å². The zero-order chi connectivity index (χ0) is 55.0. The molecule has 2 aliphatic rings. The van der Waals surface area contributed by atoms with Crippen LogP contribution >= 0.6 is 0 Å². The Labute approximate surface area is 481 Å². The first-order chi connectivity index (χ1) is 39.7. The fourth-order valence-electron chi connectivity index (χ4n) is 12.8. The second kappa shape index (κ2) is 22.0. The van der Waals surface area contributed by atoms with Gasteiger partial charge >= 0.3 is 0 Å². The molecule has 0 atom stereocenters. The van der Waals surface area contributed by atoms with E-state index in [1.54, 1.807) is 0 Å². The van der Waals surface area contributed by atoms with E-state index in [0.29, 0.717) is 0 Å². The summed E-state index contributed by atoms with van der Waals surface area (Å²) < 4.78 is 0. The van der Waals surface area contributed by atoms with Crippen molar-refractivity contribution < 1.29 is 0 Å². The molecular formula is C78H69BN2. The van der Waals surface area contributed by atoms with Crippen molar-refractivity contribution in [2.75, 3.05) is 9.80 Å². The highest BCUT2D eigenvalue weighted by Crippen LogP contribution is 2.53. The van der Waals surface area contributed by atoms with Crippen LogP contribution < -0.4 is 26.2 Å². The Hall–Kier alpha value is -8.92. The molecule has 13 rings (SSSR count). The fraction of sp³-hybridized carbons (Fsp3) is 0.154. The van der Waals surface area contributed by atoms with Crippen molar-refractivity contribution in [3.05, 3.63) is 271 Å². The first-order valence-corrected chi connectivity index (χ1v) is 29.5. The smallest absolute Gasteiger partial charge is 0.252 e. The van der Waals surface area contributed by atoms with Crippen LogP contribution in [0, 0.1) is 0 Å². The average Bonchev–Trinajstić information content (AvgIpc) is 2.89. The molecule has 0 saturated heterocycles. The predicted octanol–water partition coefficient (Wildman–Crippen LogP) is 19.8. The van der Waals surface area contributed by atoms with Gasteiger partial charge in [0, 0.05) is 33.9 Å². The van der Waals surface area contributed by atoms with Crippen LogP contribution in [0.5, 0.6) is 0 Å². The topological polar surface area (TPSA) is 6.48 Å². The van der Waals surface area contributed by atoms with Crippen LogP contribution in [0.3, 0.4) is 0 Å². The van der Waals surface area contributed by atoms with Crippen LogP contribution in [-0.4, -0.2) is 6.71 Å². The van der Waals surface area contributed by atoms with Crippen LogP contribution in [0.2, 0.25) is 0 Å². The SMILES string of the molecule is CCCCc1cc(-c2ccccc2)cc(-c2ccccc2)c1N1c2ccc(-c3ccccc3)cc2B2c3cc(-c4ccccc4)ccc3N(c3c(CCCC)cc(-c4ccccc4)cc3-c3ccccc3)c3cc(C(C)(C)C)cc1c32. The molecule has 11 aromatic carbocycles. The number of fused-ring (bicyclic) bond motifs is 4. The normalized spacial score (nSPS) is 12.5. The lowest BCUT2D eigenvalue weighted by Gasteiger charge is -2.46. The van der Waals surface area contributed by atoms with E-state index in [9.17, 15) is 0 Å². The number of hydrogen-bond acceptors (Lipinski definition) is 2. The van der Waals surface area contributed by atoms with Crippen molar-refractivity contribution in [2.45, 2.75) is 78.6 Å². The van der Waals surface area contributed by atoms with Gasteiger partial charge in [0.05, 0.1) is 11.4 Å². The maximum atomic E-state index is 2.73. The summed E-state index contributed by atoms with van der Waals surface area (Å²) in [6.45, 7) is 11.7. The fourth-order valence-corrected chi connectivity index (χ4v) is 12.8. The van der Waals surface area contributed by atoms with Crippen molar-refractivity contribution in [1.82, 2.24) is 0 Å². The van der Waals surface area contributed by atoms with Gasteiger partial charge in [-0.1, -0.05) is 254 Å². The Morgan fingerprint density at radius 2 is 0.654 bits per heavy atom. The molecule has 81 heavy (non-hydrogen) atoms. The summed E-state index contributed by atoms with van der Waals surface area (Å²) >= 11 is 0. The number of aryl methyl sites for hydroxylation is 2. The van der Waals surface area contributed by atoms with Gasteiger partial charge in [-0.15, -0.1) is 0 Å². The summed E-state index contributed by atoms with van der Waals surface area (Å²) in [6, 6.07) is 96.3. The molecule has 0 saturated carbocycles. The number of anilines is 6. The predicted molar refractivity (Wildman–Crippen MR) is 349 cm³/mol. The van der Waals surface area contributed by atoms with Crippen molar-refractivity contribution in [2.24, 2.45) is 0 Å². The molecule has 0 spiro atoms. The molecule has 0 N–H and O–H groups in total. The Morgan fingerprint density at radius 1 is 0.321 bits per heavy atom. The zero-order valence-corrected chi connectivity index (χ0v) is 47.5. The molecule has 3 heteroatoms. The van der Waals surface area contributed by atoms with Crippen LogP contribution in [0.1, 0.15) is 77.0 Å². The van der Waals surface area contributed by atoms with Gasteiger partial charge in [-0.25, -0.2) is 0 Å². The first kappa shape index (κ1) is 51.5.